The molecule has 0 bridgehead atoms. The highest BCUT2D eigenvalue weighted by Crippen LogP contribution is 2.23. The predicted molar refractivity (Wildman–Crippen MR) is 54.7 cm³/mol. The van der Waals surface area contributed by atoms with Gasteiger partial charge in [0.15, 0.2) is 0 Å². The molecule has 0 heterocycles. The van der Waals surface area contributed by atoms with E-state index in [1.165, 1.54) is 0 Å². The van der Waals surface area contributed by atoms with Gasteiger partial charge < -0.3 is 8.85 Å². The predicted octanol–water partition coefficient (Wildman–Crippen LogP) is 2.96. The lowest BCUT2D eigenvalue weighted by Crippen LogP contribution is -2.41. The van der Waals surface area contributed by atoms with Gasteiger partial charge in [0.2, 0.25) is 0 Å². The molecule has 0 spiro atoms. The third-order valence-corrected chi connectivity index (χ3v) is 6.17. The molecule has 74 valence electrons. The van der Waals surface area contributed by atoms with E-state index in [0.717, 1.165) is 12.1 Å². The molecule has 0 saturated heterocycles. The van der Waals surface area contributed by atoms with Gasteiger partial charge in [0.1, 0.15) is 6.07 Å². The molecule has 4 heteroatoms. The van der Waals surface area contributed by atoms with Crippen molar-refractivity contribution in [3.05, 3.63) is 0 Å². The highest BCUT2D eigenvalue weighted by Gasteiger charge is 2.34. The highest BCUT2D eigenvalue weighted by molar-refractivity contribution is 6.67. The van der Waals surface area contributed by atoms with Crippen LogP contribution >= 0.6 is 11.6 Å². The fourth-order valence-electron chi connectivity index (χ4n) is 1.31. The van der Waals surface area contributed by atoms with Gasteiger partial charge in [-0.1, -0.05) is 32.4 Å². The Balaban J connectivity index is 4.13. The SMILES string of the molecule is CC[Si](CC(C)C)(OC)OCCl. The zero-order valence-electron chi connectivity index (χ0n) is 8.39. The van der Waals surface area contributed by atoms with Crippen LogP contribution in [0.4, 0.5) is 0 Å². The van der Waals surface area contributed by atoms with Crippen molar-refractivity contribution in [2.45, 2.75) is 32.9 Å². The molecule has 0 aliphatic carbocycles. The lowest BCUT2D eigenvalue weighted by molar-refractivity contribution is 0.226. The fourth-order valence-corrected chi connectivity index (χ4v) is 4.54. The van der Waals surface area contributed by atoms with Crippen molar-refractivity contribution in [1.82, 2.24) is 0 Å². The molecule has 1 atom stereocenters. The molecule has 0 N–H and O–H groups in total. The quantitative estimate of drug-likeness (QED) is 0.496. The van der Waals surface area contributed by atoms with Crippen molar-refractivity contribution >= 4 is 20.2 Å². The van der Waals surface area contributed by atoms with Crippen LogP contribution in [0.25, 0.3) is 0 Å². The first-order valence-corrected chi connectivity index (χ1v) is 7.11. The zero-order valence-corrected chi connectivity index (χ0v) is 10.1. The number of alkyl halides is 1. The largest absolute Gasteiger partial charge is 0.398 e. The minimum absolute atomic E-state index is 0.251. The Kier molecular flexibility index (Phi) is 6.18. The van der Waals surface area contributed by atoms with E-state index in [1.54, 1.807) is 7.11 Å². The standard InChI is InChI=1S/C8H19ClO2Si/c1-5-12(10-4,11-7-9)6-8(2)3/h8H,5-7H2,1-4H3. The summed E-state index contributed by atoms with van der Waals surface area (Å²) in [6, 6.07) is 2.24. The summed E-state index contributed by atoms with van der Waals surface area (Å²) in [4.78, 5) is 0. The van der Waals surface area contributed by atoms with Crippen LogP contribution in [-0.2, 0) is 8.85 Å². The van der Waals surface area contributed by atoms with E-state index in [2.05, 4.69) is 20.8 Å². The Hall–Kier alpha value is 0.427. The maximum absolute atomic E-state index is 5.56. The van der Waals surface area contributed by atoms with Gasteiger partial charge in [-0.05, 0) is 18.0 Å². The van der Waals surface area contributed by atoms with Gasteiger partial charge in [-0.15, -0.1) is 0 Å². The van der Waals surface area contributed by atoms with Gasteiger partial charge in [0, 0.05) is 7.11 Å². The Labute approximate surface area is 81.5 Å². The van der Waals surface area contributed by atoms with Gasteiger partial charge in [-0.2, -0.15) is 0 Å². The van der Waals surface area contributed by atoms with Crippen LogP contribution in [-0.4, -0.2) is 21.7 Å². The van der Waals surface area contributed by atoms with Crippen LogP contribution < -0.4 is 0 Å². The number of halogens is 1. The molecule has 0 aliphatic rings. The first-order valence-electron chi connectivity index (χ1n) is 4.35. The van der Waals surface area contributed by atoms with E-state index in [4.69, 9.17) is 20.5 Å². The van der Waals surface area contributed by atoms with E-state index in [-0.39, 0.29) is 6.07 Å². The summed E-state index contributed by atoms with van der Waals surface area (Å²) in [6.07, 6.45) is 0. The Morgan fingerprint density at radius 2 is 2.00 bits per heavy atom. The van der Waals surface area contributed by atoms with Crippen molar-refractivity contribution in [1.29, 1.82) is 0 Å². The Morgan fingerprint density at radius 3 is 2.25 bits per heavy atom. The summed E-state index contributed by atoms with van der Waals surface area (Å²) in [5.74, 6) is 0.611. The first kappa shape index (κ1) is 12.4. The van der Waals surface area contributed by atoms with E-state index in [0.29, 0.717) is 5.92 Å². The lowest BCUT2D eigenvalue weighted by Gasteiger charge is -2.28. The van der Waals surface area contributed by atoms with Crippen molar-refractivity contribution in [3.63, 3.8) is 0 Å². The topological polar surface area (TPSA) is 18.5 Å². The van der Waals surface area contributed by atoms with Crippen molar-refractivity contribution in [3.8, 4) is 0 Å². The molecule has 1 unspecified atom stereocenters. The zero-order chi connectivity index (χ0) is 9.61. The van der Waals surface area contributed by atoms with Gasteiger partial charge in [-0.3, -0.25) is 0 Å². The van der Waals surface area contributed by atoms with Crippen molar-refractivity contribution in [2.75, 3.05) is 13.2 Å². The van der Waals surface area contributed by atoms with Crippen LogP contribution in [0.15, 0.2) is 0 Å². The average Bonchev–Trinajstić information content (AvgIpc) is 2.03. The molecule has 0 radical (unpaired) electrons. The number of hydrogen-bond acceptors (Lipinski definition) is 2. The van der Waals surface area contributed by atoms with Gasteiger partial charge >= 0.3 is 8.56 Å². The normalized spacial score (nSPS) is 16.5. The second-order valence-corrected chi connectivity index (χ2v) is 7.17. The molecule has 0 saturated carbocycles. The van der Waals surface area contributed by atoms with Crippen LogP contribution in [0, 0.1) is 5.92 Å². The van der Waals surface area contributed by atoms with E-state index < -0.39 is 8.56 Å². The maximum Gasteiger partial charge on any atom is 0.338 e. The summed E-state index contributed by atoms with van der Waals surface area (Å²) in [6.45, 7) is 6.45. The number of rotatable bonds is 6. The first-order chi connectivity index (χ1) is 5.60. The van der Waals surface area contributed by atoms with E-state index in [9.17, 15) is 0 Å². The highest BCUT2D eigenvalue weighted by atomic mass is 35.5. The molecular formula is C8H19ClO2Si. The summed E-state index contributed by atoms with van der Waals surface area (Å²) < 4.78 is 11.0. The molecular weight excluding hydrogens is 192 g/mol. The second kappa shape index (κ2) is 5.97. The fraction of sp³-hybridized carbons (Fsp3) is 1.00. The monoisotopic (exact) mass is 210 g/mol. The second-order valence-electron chi connectivity index (χ2n) is 3.32. The molecule has 2 nitrogen and oxygen atoms in total. The van der Waals surface area contributed by atoms with Crippen molar-refractivity contribution < 1.29 is 8.85 Å². The number of hydrogen-bond donors (Lipinski definition) is 0. The van der Waals surface area contributed by atoms with E-state index in [1.807, 2.05) is 0 Å². The molecule has 0 rings (SSSR count). The smallest absolute Gasteiger partial charge is 0.338 e. The molecule has 0 aromatic rings. The van der Waals surface area contributed by atoms with Crippen LogP contribution in [0.1, 0.15) is 20.8 Å². The molecule has 12 heavy (non-hydrogen) atoms. The van der Waals surface area contributed by atoms with Gasteiger partial charge in [0.05, 0.1) is 0 Å². The van der Waals surface area contributed by atoms with Crippen LogP contribution in [0.2, 0.25) is 12.1 Å². The third-order valence-electron chi connectivity index (χ3n) is 1.95. The maximum atomic E-state index is 5.56. The summed E-state index contributed by atoms with van der Waals surface area (Å²) in [7, 11) is -0.212. The minimum atomic E-state index is -1.94. The molecule has 0 aliphatic heterocycles. The van der Waals surface area contributed by atoms with Crippen molar-refractivity contribution in [2.24, 2.45) is 5.92 Å². The summed E-state index contributed by atoms with van der Waals surface area (Å²) in [5, 5.41) is 0. The molecule has 0 fully saturated rings. The van der Waals surface area contributed by atoms with Crippen LogP contribution in [0.3, 0.4) is 0 Å². The van der Waals surface area contributed by atoms with Crippen LogP contribution in [0.5, 0.6) is 0 Å². The lowest BCUT2D eigenvalue weighted by atomic mass is 10.3. The average molecular weight is 211 g/mol. The molecule has 0 amide bonds. The van der Waals surface area contributed by atoms with E-state index >= 15 is 0 Å². The summed E-state index contributed by atoms with van der Waals surface area (Å²) in [5.41, 5.74) is 0. The van der Waals surface area contributed by atoms with Gasteiger partial charge in [0.25, 0.3) is 0 Å². The minimum Gasteiger partial charge on any atom is -0.398 e. The Morgan fingerprint density at radius 1 is 1.42 bits per heavy atom. The third kappa shape index (κ3) is 3.89. The summed E-state index contributed by atoms with van der Waals surface area (Å²) >= 11 is 5.56. The molecule has 0 aromatic carbocycles. The Bertz CT molecular complexity index is 116. The molecule has 0 aromatic heterocycles. The van der Waals surface area contributed by atoms with Gasteiger partial charge in [-0.25, -0.2) is 0 Å².